The number of aryl methyl sites for hydroxylation is 1. The number of benzene rings is 8. The van der Waals surface area contributed by atoms with Crippen molar-refractivity contribution in [2.75, 3.05) is 11.9 Å². The van der Waals surface area contributed by atoms with E-state index < -0.39 is 17.2 Å². The van der Waals surface area contributed by atoms with E-state index in [1.807, 2.05) is 78.9 Å². The predicted octanol–water partition coefficient (Wildman–Crippen LogP) is 11.0. The Bertz CT molecular complexity index is 3310. The number of imide groups is 2. The minimum atomic E-state index is -0.731. The molecule has 0 radical (unpaired) electrons. The molecule has 0 fully saturated rings. The normalized spacial score (nSPS) is 14.3. The van der Waals surface area contributed by atoms with Crippen LogP contribution in [0.25, 0.3) is 22.3 Å². The third-order valence-electron chi connectivity index (χ3n) is 12.7. The van der Waals surface area contributed by atoms with Crippen LogP contribution in [0.4, 0.5) is 5.69 Å². The number of hydrogen-bond acceptors (Lipinski definition) is 8. The van der Waals surface area contributed by atoms with Gasteiger partial charge in [0.15, 0.2) is 0 Å². The quantitative estimate of drug-likeness (QED) is 0.144. The topological polar surface area (TPSA) is 134 Å². The highest BCUT2D eigenvalue weighted by Gasteiger charge is 2.46. The maximum atomic E-state index is 13.8. The number of ether oxygens (including phenoxy) is 2. The van der Waals surface area contributed by atoms with E-state index in [2.05, 4.69) is 24.3 Å². The van der Waals surface area contributed by atoms with E-state index in [-0.39, 0.29) is 40.1 Å². The summed E-state index contributed by atoms with van der Waals surface area (Å²) in [4.78, 5) is 54.6. The van der Waals surface area contributed by atoms with E-state index >= 15 is 0 Å². The molecule has 2 N–H and O–H groups in total. The van der Waals surface area contributed by atoms with Crippen molar-refractivity contribution >= 4 is 29.3 Å². The summed E-state index contributed by atoms with van der Waals surface area (Å²) in [5.41, 5.74) is 8.73. The van der Waals surface area contributed by atoms with E-state index in [4.69, 9.17) is 9.47 Å². The van der Waals surface area contributed by atoms with Crippen molar-refractivity contribution in [1.82, 2.24) is 4.90 Å². The summed E-state index contributed by atoms with van der Waals surface area (Å²) < 4.78 is 12.6. The minimum absolute atomic E-state index is 0.0455. The molecule has 65 heavy (non-hydrogen) atoms. The van der Waals surface area contributed by atoms with Crippen LogP contribution in [-0.4, -0.2) is 45.8 Å². The largest absolute Gasteiger partial charge is 0.508 e. The number of carbonyl (C=O) groups excluding carboxylic acids is 4. The van der Waals surface area contributed by atoms with Crippen molar-refractivity contribution in [2.45, 2.75) is 12.3 Å². The second-order valence-electron chi connectivity index (χ2n) is 16.3. The van der Waals surface area contributed by atoms with Crippen molar-refractivity contribution in [3.05, 3.63) is 220 Å². The van der Waals surface area contributed by atoms with Crippen LogP contribution in [0.5, 0.6) is 34.5 Å². The lowest BCUT2D eigenvalue weighted by atomic mass is 9.68. The average molecular weight is 853 g/mol. The molecule has 0 saturated heterocycles. The number of phenolic OH excluding ortho intramolecular Hbond substituents is 2. The summed E-state index contributed by atoms with van der Waals surface area (Å²) in [6, 6.07) is 52.0. The molecule has 4 amide bonds. The fourth-order valence-electron chi connectivity index (χ4n) is 9.43. The van der Waals surface area contributed by atoms with Gasteiger partial charge < -0.3 is 19.7 Å². The lowest BCUT2D eigenvalue weighted by Gasteiger charge is -2.34. The number of rotatable bonds is 8. The number of amides is 4. The molecular formula is C55H36N2O8. The standard InChI is InChI=1S/C55H36N2O8/c1-31-11-12-32(27-49(31)58)33-13-26-48(50(59)28-33)57-53(62)43-25-23-39(30-45(43)54(57)63)65-37-20-16-35(17-21-37)55(46-9-5-3-7-40(46)41-8-4-6-10-47(41)55)34-14-18-36(19-15-34)64-38-22-24-42-44(29-38)52(61)56(2)51(42)60/h3-30,58-59H,1-2H3. The monoisotopic (exact) mass is 852 g/mol. The Kier molecular flexibility index (Phi) is 8.83. The molecule has 0 atom stereocenters. The fourth-order valence-corrected chi connectivity index (χ4v) is 9.43. The van der Waals surface area contributed by atoms with Gasteiger partial charge in [-0.2, -0.15) is 0 Å². The van der Waals surface area contributed by atoms with Crippen LogP contribution in [-0.2, 0) is 5.41 Å². The number of nitrogens with zero attached hydrogens (tertiary/aromatic N) is 2. The Morgan fingerprint density at radius 1 is 0.431 bits per heavy atom. The molecule has 8 aromatic rings. The molecule has 3 aliphatic rings. The van der Waals surface area contributed by atoms with Crippen molar-refractivity contribution in [1.29, 1.82) is 0 Å². The third kappa shape index (κ3) is 6.02. The zero-order valence-corrected chi connectivity index (χ0v) is 34.9. The van der Waals surface area contributed by atoms with E-state index in [0.717, 1.165) is 43.2 Å². The Morgan fingerprint density at radius 3 is 1.42 bits per heavy atom. The Balaban J connectivity index is 0.889. The molecule has 11 rings (SSSR count). The number of hydrogen-bond donors (Lipinski definition) is 2. The maximum absolute atomic E-state index is 13.8. The summed E-state index contributed by atoms with van der Waals surface area (Å²) in [5, 5.41) is 21.3. The van der Waals surface area contributed by atoms with Crippen molar-refractivity contribution < 1.29 is 38.9 Å². The smallest absolute Gasteiger partial charge is 0.266 e. The Hall–Kier alpha value is -8.76. The molecule has 10 nitrogen and oxygen atoms in total. The van der Waals surface area contributed by atoms with Gasteiger partial charge in [-0.3, -0.25) is 24.1 Å². The van der Waals surface area contributed by atoms with Crippen LogP contribution in [0.2, 0.25) is 0 Å². The maximum Gasteiger partial charge on any atom is 0.266 e. The molecule has 314 valence electrons. The summed E-state index contributed by atoms with van der Waals surface area (Å²) in [6.07, 6.45) is 0. The molecule has 1 aliphatic carbocycles. The minimum Gasteiger partial charge on any atom is -0.508 e. The number of carbonyl (C=O) groups is 4. The second-order valence-corrected chi connectivity index (χ2v) is 16.3. The van der Waals surface area contributed by atoms with Gasteiger partial charge in [0.1, 0.15) is 34.5 Å². The molecule has 2 heterocycles. The van der Waals surface area contributed by atoms with E-state index in [1.54, 1.807) is 55.5 Å². The van der Waals surface area contributed by atoms with Crippen molar-refractivity contribution in [2.24, 2.45) is 0 Å². The van der Waals surface area contributed by atoms with Crippen LogP contribution in [0.3, 0.4) is 0 Å². The summed E-state index contributed by atoms with van der Waals surface area (Å²) >= 11 is 0. The van der Waals surface area contributed by atoms with Gasteiger partial charge in [0.25, 0.3) is 23.6 Å². The highest BCUT2D eigenvalue weighted by atomic mass is 16.5. The zero-order chi connectivity index (χ0) is 44.7. The number of fused-ring (bicyclic) bond motifs is 5. The summed E-state index contributed by atoms with van der Waals surface area (Å²) in [6.45, 7) is 1.79. The van der Waals surface area contributed by atoms with E-state index in [1.165, 1.54) is 25.2 Å². The van der Waals surface area contributed by atoms with Gasteiger partial charge in [-0.15, -0.1) is 0 Å². The average Bonchev–Trinajstić information content (AvgIpc) is 3.85. The van der Waals surface area contributed by atoms with Gasteiger partial charge in [-0.05, 0) is 136 Å². The molecule has 0 unspecified atom stereocenters. The van der Waals surface area contributed by atoms with Crippen LogP contribution in [0.1, 0.15) is 69.2 Å². The first-order valence-electron chi connectivity index (χ1n) is 20.9. The summed E-state index contributed by atoms with van der Waals surface area (Å²) in [5.74, 6) is -0.134. The van der Waals surface area contributed by atoms with Crippen LogP contribution in [0, 0.1) is 6.92 Å². The molecule has 0 saturated carbocycles. The molecule has 8 aromatic carbocycles. The molecule has 0 bridgehead atoms. The SMILES string of the molecule is Cc1ccc(-c2ccc(N3C(=O)c4ccc(Oc5ccc(C6(c7ccc(Oc8ccc9c(c8)C(=O)N(C)C9=O)cc7)c7ccccc7-c7ccccc76)cc5)cc4C3=O)c(O)c2)cc1O. The first-order valence-corrected chi connectivity index (χ1v) is 20.9. The number of aromatic hydroxyl groups is 2. The number of anilines is 1. The lowest BCUT2D eigenvalue weighted by molar-refractivity contribution is 0.0692. The first-order chi connectivity index (χ1) is 31.5. The van der Waals surface area contributed by atoms with Crippen molar-refractivity contribution in [3.63, 3.8) is 0 Å². The van der Waals surface area contributed by atoms with E-state index in [9.17, 15) is 29.4 Å². The molecule has 0 aromatic heterocycles. The van der Waals surface area contributed by atoms with E-state index in [0.29, 0.717) is 50.8 Å². The van der Waals surface area contributed by atoms with Gasteiger partial charge in [-0.1, -0.05) is 91.0 Å². The molecule has 2 aliphatic heterocycles. The third-order valence-corrected chi connectivity index (χ3v) is 12.7. The highest BCUT2D eigenvalue weighted by Crippen LogP contribution is 2.56. The van der Waals surface area contributed by atoms with Gasteiger partial charge in [0.2, 0.25) is 0 Å². The molecule has 10 heteroatoms. The zero-order valence-electron chi connectivity index (χ0n) is 34.9. The summed E-state index contributed by atoms with van der Waals surface area (Å²) in [7, 11) is 1.46. The van der Waals surface area contributed by atoms with Crippen LogP contribution in [0.15, 0.2) is 170 Å². The van der Waals surface area contributed by atoms with Crippen LogP contribution >= 0.6 is 0 Å². The Morgan fingerprint density at radius 2 is 0.877 bits per heavy atom. The lowest BCUT2D eigenvalue weighted by Crippen LogP contribution is -2.29. The molecular weight excluding hydrogens is 817 g/mol. The predicted molar refractivity (Wildman–Crippen MR) is 244 cm³/mol. The second kappa shape index (κ2) is 14.7. The Labute approximate surface area is 372 Å². The van der Waals surface area contributed by atoms with Crippen molar-refractivity contribution in [3.8, 4) is 56.8 Å². The fraction of sp³-hybridized carbons (Fsp3) is 0.0545. The molecule has 0 spiro atoms. The van der Waals surface area contributed by atoms with Gasteiger partial charge >= 0.3 is 0 Å². The van der Waals surface area contributed by atoms with Crippen LogP contribution < -0.4 is 14.4 Å². The van der Waals surface area contributed by atoms with Gasteiger partial charge in [0.05, 0.1) is 33.4 Å². The highest BCUT2D eigenvalue weighted by molar-refractivity contribution is 6.35. The number of phenols is 2. The first kappa shape index (κ1) is 39.1. The van der Waals surface area contributed by atoms with Gasteiger partial charge in [-0.25, -0.2) is 4.90 Å². The van der Waals surface area contributed by atoms with Gasteiger partial charge in [0, 0.05) is 7.05 Å².